The molecule has 0 aromatic rings. The Hall–Kier alpha value is -0.0800. The molecule has 0 aliphatic carbocycles. The number of hydrogen-bond donors (Lipinski definition) is 1. The molecule has 2 heteroatoms. The average Bonchev–Trinajstić information content (AvgIpc) is 1.64. The highest BCUT2D eigenvalue weighted by molar-refractivity contribution is 4.67. The first kappa shape index (κ1) is 8.92. The first-order chi connectivity index (χ1) is 4.12. The summed E-state index contributed by atoms with van der Waals surface area (Å²) in [5.41, 5.74) is 5.34. The van der Waals surface area contributed by atoms with Gasteiger partial charge in [0.1, 0.15) is 0 Å². The van der Waals surface area contributed by atoms with Crippen molar-refractivity contribution < 1.29 is 4.74 Å². The van der Waals surface area contributed by atoms with Crippen LogP contribution in [0.4, 0.5) is 0 Å². The molecule has 0 aliphatic heterocycles. The van der Waals surface area contributed by atoms with E-state index in [4.69, 9.17) is 10.5 Å². The summed E-state index contributed by atoms with van der Waals surface area (Å²) in [6, 6.07) is 0. The van der Waals surface area contributed by atoms with Crippen molar-refractivity contribution in [1.29, 1.82) is 0 Å². The van der Waals surface area contributed by atoms with Crippen molar-refractivity contribution in [2.45, 2.75) is 32.8 Å². The van der Waals surface area contributed by atoms with E-state index < -0.39 is 0 Å². The van der Waals surface area contributed by atoms with Gasteiger partial charge in [-0.25, -0.2) is 0 Å². The SMILES string of the molecule is CCOC(C)(C)CCN. The predicted octanol–water partition coefficient (Wildman–Crippen LogP) is 1.15. The largest absolute Gasteiger partial charge is 0.376 e. The second kappa shape index (κ2) is 3.85. The molecule has 0 unspecified atom stereocenters. The van der Waals surface area contributed by atoms with Crippen LogP contribution in [-0.2, 0) is 4.74 Å². The Kier molecular flexibility index (Phi) is 3.82. The third-order valence-corrected chi connectivity index (χ3v) is 1.28. The standard InChI is InChI=1S/C7H17NO/c1-4-9-7(2,3)5-6-8/h4-6,8H2,1-3H3. The summed E-state index contributed by atoms with van der Waals surface area (Å²) in [4.78, 5) is 0. The fourth-order valence-corrected chi connectivity index (χ4v) is 0.811. The Bertz CT molecular complexity index is 63.3. The Labute approximate surface area is 57.4 Å². The van der Waals surface area contributed by atoms with Gasteiger partial charge in [0.2, 0.25) is 0 Å². The number of rotatable bonds is 4. The van der Waals surface area contributed by atoms with Gasteiger partial charge in [-0.05, 0) is 33.7 Å². The summed E-state index contributed by atoms with van der Waals surface area (Å²) in [7, 11) is 0. The van der Waals surface area contributed by atoms with Crippen LogP contribution in [0, 0.1) is 0 Å². The third-order valence-electron chi connectivity index (χ3n) is 1.28. The van der Waals surface area contributed by atoms with Gasteiger partial charge < -0.3 is 10.5 Å². The molecule has 0 aromatic heterocycles. The summed E-state index contributed by atoms with van der Waals surface area (Å²) in [6.45, 7) is 7.59. The average molecular weight is 131 g/mol. The summed E-state index contributed by atoms with van der Waals surface area (Å²) in [5.74, 6) is 0. The fourth-order valence-electron chi connectivity index (χ4n) is 0.811. The molecule has 0 heterocycles. The minimum Gasteiger partial charge on any atom is -0.376 e. The molecule has 56 valence electrons. The van der Waals surface area contributed by atoms with Crippen LogP contribution in [-0.4, -0.2) is 18.8 Å². The summed E-state index contributed by atoms with van der Waals surface area (Å²) in [6.07, 6.45) is 0.931. The van der Waals surface area contributed by atoms with Crippen LogP contribution in [0.15, 0.2) is 0 Å². The van der Waals surface area contributed by atoms with Gasteiger partial charge in [0.05, 0.1) is 5.60 Å². The fraction of sp³-hybridized carbons (Fsp3) is 1.00. The monoisotopic (exact) mass is 131 g/mol. The van der Waals surface area contributed by atoms with Gasteiger partial charge >= 0.3 is 0 Å². The molecule has 2 N–H and O–H groups in total. The maximum atomic E-state index is 5.39. The highest BCUT2D eigenvalue weighted by Crippen LogP contribution is 2.11. The van der Waals surface area contributed by atoms with Crippen LogP contribution < -0.4 is 5.73 Å². The van der Waals surface area contributed by atoms with Crippen molar-refractivity contribution in [2.75, 3.05) is 13.2 Å². The Morgan fingerprint density at radius 3 is 2.33 bits per heavy atom. The second-order valence-electron chi connectivity index (χ2n) is 2.73. The van der Waals surface area contributed by atoms with Crippen molar-refractivity contribution >= 4 is 0 Å². The summed E-state index contributed by atoms with van der Waals surface area (Å²) >= 11 is 0. The molecule has 0 rings (SSSR count). The van der Waals surface area contributed by atoms with E-state index in [2.05, 4.69) is 13.8 Å². The van der Waals surface area contributed by atoms with E-state index in [0.29, 0.717) is 6.54 Å². The molecule has 9 heavy (non-hydrogen) atoms. The first-order valence-electron chi connectivity index (χ1n) is 3.46. The Balaban J connectivity index is 3.43. The van der Waals surface area contributed by atoms with Gasteiger partial charge in [0.25, 0.3) is 0 Å². The van der Waals surface area contributed by atoms with E-state index in [9.17, 15) is 0 Å². The van der Waals surface area contributed by atoms with E-state index in [0.717, 1.165) is 13.0 Å². The van der Waals surface area contributed by atoms with Crippen molar-refractivity contribution in [1.82, 2.24) is 0 Å². The molecule has 0 aromatic carbocycles. The van der Waals surface area contributed by atoms with Crippen molar-refractivity contribution in [3.63, 3.8) is 0 Å². The maximum absolute atomic E-state index is 5.39. The van der Waals surface area contributed by atoms with Crippen LogP contribution >= 0.6 is 0 Å². The summed E-state index contributed by atoms with van der Waals surface area (Å²) < 4.78 is 5.39. The normalized spacial score (nSPS) is 12.0. The molecule has 0 aliphatic rings. The third kappa shape index (κ3) is 4.43. The maximum Gasteiger partial charge on any atom is 0.0638 e. The molecule has 0 spiro atoms. The lowest BCUT2D eigenvalue weighted by molar-refractivity contribution is -0.0141. The van der Waals surface area contributed by atoms with E-state index in [1.54, 1.807) is 0 Å². The van der Waals surface area contributed by atoms with Crippen LogP contribution in [0.5, 0.6) is 0 Å². The molecule has 0 radical (unpaired) electrons. The van der Waals surface area contributed by atoms with Crippen LogP contribution in [0.1, 0.15) is 27.2 Å². The molecule has 0 bridgehead atoms. The van der Waals surface area contributed by atoms with E-state index in [1.807, 2.05) is 6.92 Å². The highest BCUT2D eigenvalue weighted by atomic mass is 16.5. The van der Waals surface area contributed by atoms with E-state index in [-0.39, 0.29) is 5.60 Å². The molecular formula is C7H17NO. The van der Waals surface area contributed by atoms with Gasteiger partial charge in [0, 0.05) is 6.61 Å². The zero-order valence-electron chi connectivity index (χ0n) is 6.61. The van der Waals surface area contributed by atoms with Crippen molar-refractivity contribution in [3.8, 4) is 0 Å². The molecule has 0 fully saturated rings. The van der Waals surface area contributed by atoms with Crippen LogP contribution in [0.25, 0.3) is 0 Å². The van der Waals surface area contributed by atoms with Gasteiger partial charge in [-0.1, -0.05) is 0 Å². The van der Waals surface area contributed by atoms with Gasteiger partial charge in [-0.15, -0.1) is 0 Å². The van der Waals surface area contributed by atoms with Crippen LogP contribution in [0.2, 0.25) is 0 Å². The molecule has 0 saturated carbocycles. The van der Waals surface area contributed by atoms with Crippen molar-refractivity contribution in [2.24, 2.45) is 5.73 Å². The Morgan fingerprint density at radius 2 is 2.00 bits per heavy atom. The van der Waals surface area contributed by atoms with Gasteiger partial charge in [0.15, 0.2) is 0 Å². The topological polar surface area (TPSA) is 35.2 Å². The van der Waals surface area contributed by atoms with Crippen molar-refractivity contribution in [3.05, 3.63) is 0 Å². The molecular weight excluding hydrogens is 114 g/mol. The predicted molar refractivity (Wildman–Crippen MR) is 39.4 cm³/mol. The number of hydrogen-bond acceptors (Lipinski definition) is 2. The molecule has 2 nitrogen and oxygen atoms in total. The molecule has 0 saturated heterocycles. The zero-order chi connectivity index (χ0) is 7.33. The lowest BCUT2D eigenvalue weighted by Gasteiger charge is -2.23. The number of nitrogens with two attached hydrogens (primary N) is 1. The van der Waals surface area contributed by atoms with Gasteiger partial charge in [-0.3, -0.25) is 0 Å². The number of ether oxygens (including phenoxy) is 1. The van der Waals surface area contributed by atoms with Gasteiger partial charge in [-0.2, -0.15) is 0 Å². The minimum absolute atomic E-state index is 0.0243. The minimum atomic E-state index is -0.0243. The smallest absolute Gasteiger partial charge is 0.0638 e. The first-order valence-corrected chi connectivity index (χ1v) is 3.46. The highest BCUT2D eigenvalue weighted by Gasteiger charge is 2.14. The summed E-state index contributed by atoms with van der Waals surface area (Å²) in [5, 5.41) is 0. The lowest BCUT2D eigenvalue weighted by atomic mass is 10.1. The van der Waals surface area contributed by atoms with E-state index >= 15 is 0 Å². The quantitative estimate of drug-likeness (QED) is 0.621. The Morgan fingerprint density at radius 1 is 1.44 bits per heavy atom. The molecule has 0 atom stereocenters. The molecule has 0 amide bonds. The van der Waals surface area contributed by atoms with E-state index in [1.165, 1.54) is 0 Å². The lowest BCUT2D eigenvalue weighted by Crippen LogP contribution is -2.27. The second-order valence-corrected chi connectivity index (χ2v) is 2.73. The van der Waals surface area contributed by atoms with Crippen LogP contribution in [0.3, 0.4) is 0 Å². The zero-order valence-corrected chi connectivity index (χ0v) is 6.61.